The molecule has 1 aliphatic rings. The highest BCUT2D eigenvalue weighted by molar-refractivity contribution is 7.15. The minimum Gasteiger partial charge on any atom is -0.375 e. The number of fused-ring (bicyclic) bond motifs is 1. The van der Waals surface area contributed by atoms with E-state index in [1.165, 1.54) is 10.6 Å². The van der Waals surface area contributed by atoms with Gasteiger partial charge in [-0.1, -0.05) is 17.7 Å². The Morgan fingerprint density at radius 1 is 1.33 bits per heavy atom. The number of nitrogens with two attached hydrogens (primary N) is 1. The first kappa shape index (κ1) is 14.5. The summed E-state index contributed by atoms with van der Waals surface area (Å²) in [6.45, 7) is 3.00. The number of aromatic nitrogens is 2. The maximum absolute atomic E-state index is 5.82. The fourth-order valence-electron chi connectivity index (χ4n) is 2.42. The maximum atomic E-state index is 5.82. The molecule has 3 rings (SSSR count). The van der Waals surface area contributed by atoms with Crippen LogP contribution in [0.5, 0.6) is 0 Å². The normalized spacial score (nSPS) is 16.0. The summed E-state index contributed by atoms with van der Waals surface area (Å²) in [5, 5.41) is 1.36. The van der Waals surface area contributed by atoms with E-state index in [1.54, 1.807) is 17.5 Å². The van der Waals surface area contributed by atoms with Crippen LogP contribution in [0.15, 0.2) is 24.4 Å². The summed E-state index contributed by atoms with van der Waals surface area (Å²) < 4.78 is 0. The van der Waals surface area contributed by atoms with E-state index in [-0.39, 0.29) is 0 Å². The minimum atomic E-state index is 0.664. The zero-order valence-corrected chi connectivity index (χ0v) is 13.2. The molecule has 4 nitrogen and oxygen atoms in total. The van der Waals surface area contributed by atoms with Gasteiger partial charge in [-0.2, -0.15) is 0 Å². The van der Waals surface area contributed by atoms with Crippen LogP contribution in [0.4, 0.5) is 5.13 Å². The van der Waals surface area contributed by atoms with E-state index < -0.39 is 0 Å². The van der Waals surface area contributed by atoms with Crippen LogP contribution in [0.25, 0.3) is 6.08 Å². The van der Waals surface area contributed by atoms with Gasteiger partial charge in [-0.15, -0.1) is 11.3 Å². The highest BCUT2D eigenvalue weighted by atomic mass is 35.5. The minimum absolute atomic E-state index is 0.664. The first-order valence-corrected chi connectivity index (χ1v) is 8.14. The van der Waals surface area contributed by atoms with Gasteiger partial charge in [0.25, 0.3) is 0 Å². The van der Waals surface area contributed by atoms with Crippen molar-refractivity contribution >= 4 is 34.1 Å². The molecule has 0 saturated heterocycles. The number of nitrogen functional groups attached to an aromatic ring is 1. The number of anilines is 1. The molecule has 1 aliphatic heterocycles. The van der Waals surface area contributed by atoms with Crippen molar-refractivity contribution in [2.24, 2.45) is 0 Å². The Morgan fingerprint density at radius 3 is 3.00 bits per heavy atom. The number of pyridine rings is 1. The summed E-state index contributed by atoms with van der Waals surface area (Å²) in [4.78, 5) is 12.4. The summed E-state index contributed by atoms with van der Waals surface area (Å²) in [6.07, 6.45) is 7.87. The standard InChI is InChI=1S/C15H17ClN4S/c16-11-3-4-12(18-10-11)2-1-7-20-8-5-13-14(6-9-20)21-15(17)19-13/h1-4,10H,5-9H2,(H2,17,19). The average Bonchev–Trinajstić information content (AvgIpc) is 2.73. The highest BCUT2D eigenvalue weighted by Crippen LogP contribution is 2.24. The molecule has 2 aromatic heterocycles. The smallest absolute Gasteiger partial charge is 0.180 e. The molecule has 21 heavy (non-hydrogen) atoms. The Balaban J connectivity index is 1.55. The van der Waals surface area contributed by atoms with Gasteiger partial charge >= 0.3 is 0 Å². The van der Waals surface area contributed by atoms with Crippen molar-refractivity contribution in [2.75, 3.05) is 25.4 Å². The topological polar surface area (TPSA) is 55.0 Å². The van der Waals surface area contributed by atoms with Gasteiger partial charge in [0, 0.05) is 37.1 Å². The highest BCUT2D eigenvalue weighted by Gasteiger charge is 2.16. The molecule has 0 fully saturated rings. The second-order valence-corrected chi connectivity index (χ2v) is 6.58. The molecule has 0 atom stereocenters. The van der Waals surface area contributed by atoms with Crippen molar-refractivity contribution in [1.82, 2.24) is 14.9 Å². The second-order valence-electron chi connectivity index (χ2n) is 5.03. The zero-order valence-electron chi connectivity index (χ0n) is 11.6. The number of nitrogens with zero attached hydrogens (tertiary/aromatic N) is 3. The third kappa shape index (κ3) is 3.81. The van der Waals surface area contributed by atoms with E-state index in [2.05, 4.69) is 20.9 Å². The molecule has 0 amide bonds. The van der Waals surface area contributed by atoms with E-state index >= 15 is 0 Å². The number of thiazole rings is 1. The number of rotatable bonds is 3. The van der Waals surface area contributed by atoms with Crippen LogP contribution in [0.2, 0.25) is 5.02 Å². The molecule has 0 bridgehead atoms. The molecule has 2 N–H and O–H groups in total. The summed E-state index contributed by atoms with van der Waals surface area (Å²) in [5.41, 5.74) is 7.88. The largest absolute Gasteiger partial charge is 0.375 e. The van der Waals surface area contributed by atoms with Gasteiger partial charge in [0.2, 0.25) is 0 Å². The van der Waals surface area contributed by atoms with Crippen molar-refractivity contribution in [2.45, 2.75) is 12.8 Å². The van der Waals surface area contributed by atoms with Crippen LogP contribution in [0.3, 0.4) is 0 Å². The van der Waals surface area contributed by atoms with Crippen molar-refractivity contribution < 1.29 is 0 Å². The lowest BCUT2D eigenvalue weighted by Gasteiger charge is -2.17. The van der Waals surface area contributed by atoms with Gasteiger partial charge in [0.15, 0.2) is 5.13 Å². The van der Waals surface area contributed by atoms with Crippen LogP contribution in [0, 0.1) is 0 Å². The van der Waals surface area contributed by atoms with Gasteiger partial charge in [0.1, 0.15) is 0 Å². The molecule has 0 aliphatic carbocycles. The number of halogens is 1. The molecule has 110 valence electrons. The Bertz CT molecular complexity index is 610. The third-order valence-corrected chi connectivity index (χ3v) is 4.73. The van der Waals surface area contributed by atoms with Gasteiger partial charge in [-0.25, -0.2) is 4.98 Å². The van der Waals surface area contributed by atoms with Crippen LogP contribution in [-0.4, -0.2) is 34.5 Å². The predicted octanol–water partition coefficient (Wildman–Crippen LogP) is 2.89. The summed E-state index contributed by atoms with van der Waals surface area (Å²) in [5.74, 6) is 0. The van der Waals surface area contributed by atoms with Crippen LogP contribution < -0.4 is 5.73 Å². The fourth-order valence-corrected chi connectivity index (χ4v) is 3.40. The second kappa shape index (κ2) is 6.56. The lowest BCUT2D eigenvalue weighted by molar-refractivity contribution is 0.318. The Morgan fingerprint density at radius 2 is 2.19 bits per heavy atom. The van der Waals surface area contributed by atoms with Crippen molar-refractivity contribution in [3.63, 3.8) is 0 Å². The van der Waals surface area contributed by atoms with Crippen LogP contribution >= 0.6 is 22.9 Å². The SMILES string of the molecule is Nc1nc2c(s1)CCN(CC=Cc1ccc(Cl)cn1)CC2. The molecule has 0 saturated carbocycles. The molecule has 3 heterocycles. The molecule has 0 unspecified atom stereocenters. The van der Waals surface area contributed by atoms with Gasteiger partial charge in [-0.3, -0.25) is 9.88 Å². The number of hydrogen-bond donors (Lipinski definition) is 1. The molecular weight excluding hydrogens is 304 g/mol. The maximum Gasteiger partial charge on any atom is 0.180 e. The van der Waals surface area contributed by atoms with E-state index in [0.29, 0.717) is 10.2 Å². The fraction of sp³-hybridized carbons (Fsp3) is 0.333. The lowest BCUT2D eigenvalue weighted by atomic mass is 10.2. The Kier molecular flexibility index (Phi) is 4.53. The quantitative estimate of drug-likeness (QED) is 0.944. The van der Waals surface area contributed by atoms with Crippen molar-refractivity contribution in [3.8, 4) is 0 Å². The van der Waals surface area contributed by atoms with Crippen molar-refractivity contribution in [1.29, 1.82) is 0 Å². The number of hydrogen-bond acceptors (Lipinski definition) is 5. The Hall–Kier alpha value is -1.43. The van der Waals surface area contributed by atoms with Crippen molar-refractivity contribution in [3.05, 3.63) is 45.7 Å². The van der Waals surface area contributed by atoms with Crippen LogP contribution in [0.1, 0.15) is 16.3 Å². The van der Waals surface area contributed by atoms with Gasteiger partial charge < -0.3 is 5.73 Å². The molecule has 0 spiro atoms. The van der Waals surface area contributed by atoms with E-state index in [0.717, 1.165) is 38.2 Å². The Labute approximate surface area is 133 Å². The summed E-state index contributed by atoms with van der Waals surface area (Å²) >= 11 is 7.45. The van der Waals surface area contributed by atoms with E-state index in [9.17, 15) is 0 Å². The van der Waals surface area contributed by atoms with Gasteiger partial charge in [0.05, 0.1) is 16.4 Å². The molecule has 2 aromatic rings. The average molecular weight is 321 g/mol. The first-order chi connectivity index (χ1) is 10.2. The van der Waals surface area contributed by atoms with E-state index in [1.807, 2.05) is 18.2 Å². The molecule has 6 heteroatoms. The van der Waals surface area contributed by atoms with Crippen LogP contribution in [-0.2, 0) is 12.8 Å². The first-order valence-electron chi connectivity index (χ1n) is 6.95. The molecule has 0 aromatic carbocycles. The monoisotopic (exact) mass is 320 g/mol. The van der Waals surface area contributed by atoms with E-state index in [4.69, 9.17) is 17.3 Å². The molecule has 0 radical (unpaired) electrons. The predicted molar refractivity (Wildman–Crippen MR) is 88.7 cm³/mol. The third-order valence-electron chi connectivity index (χ3n) is 3.52. The zero-order chi connectivity index (χ0) is 14.7. The summed E-state index contributed by atoms with van der Waals surface area (Å²) in [7, 11) is 0. The molecular formula is C15H17ClN4S. The summed E-state index contributed by atoms with van der Waals surface area (Å²) in [6, 6.07) is 3.78. The van der Waals surface area contributed by atoms with Gasteiger partial charge in [-0.05, 0) is 24.6 Å². The lowest BCUT2D eigenvalue weighted by Crippen LogP contribution is -2.26.